The number of amides is 2. The molecule has 1 fully saturated rings. The second kappa shape index (κ2) is 10.2. The molecule has 1 aromatic heterocycles. The second-order valence-electron chi connectivity index (χ2n) is 7.97. The van der Waals surface area contributed by atoms with Crippen molar-refractivity contribution >= 4 is 34.7 Å². The highest BCUT2D eigenvalue weighted by atomic mass is 32.2. The molecule has 2 aromatic carbocycles. The maximum Gasteiger partial charge on any atom is 0.257 e. The Balaban J connectivity index is 1.40. The van der Waals surface area contributed by atoms with E-state index in [-0.39, 0.29) is 17.7 Å². The number of likely N-dealkylation sites (tertiary alicyclic amines) is 1. The Hall–Kier alpha value is -2.80. The van der Waals surface area contributed by atoms with Crippen LogP contribution in [-0.4, -0.2) is 52.8 Å². The van der Waals surface area contributed by atoms with E-state index in [1.54, 1.807) is 0 Å². The minimum Gasteiger partial charge on any atom is -0.431 e. The van der Waals surface area contributed by atoms with Gasteiger partial charge in [-0.25, -0.2) is 4.98 Å². The van der Waals surface area contributed by atoms with Gasteiger partial charge in [-0.15, -0.1) is 0 Å². The normalized spacial score (nSPS) is 14.6. The minimum atomic E-state index is 0.0175. The van der Waals surface area contributed by atoms with E-state index in [9.17, 15) is 9.59 Å². The highest BCUT2D eigenvalue weighted by Crippen LogP contribution is 2.28. The molecule has 2 heterocycles. The van der Waals surface area contributed by atoms with E-state index in [1.165, 1.54) is 11.8 Å². The second-order valence-corrected chi connectivity index (χ2v) is 8.90. The first kappa shape index (κ1) is 22.4. The fourth-order valence-corrected chi connectivity index (χ4v) is 5.04. The summed E-state index contributed by atoms with van der Waals surface area (Å²) in [6.07, 6.45) is 1.45. The van der Waals surface area contributed by atoms with Gasteiger partial charge in [0, 0.05) is 43.4 Å². The van der Waals surface area contributed by atoms with E-state index in [1.807, 2.05) is 72.2 Å². The number of rotatable bonds is 7. The van der Waals surface area contributed by atoms with E-state index in [4.69, 9.17) is 4.42 Å². The molecule has 1 aliphatic heterocycles. The van der Waals surface area contributed by atoms with Crippen molar-refractivity contribution in [2.45, 2.75) is 37.7 Å². The molecule has 2 amide bonds. The summed E-state index contributed by atoms with van der Waals surface area (Å²) < 4.78 is 5.80. The maximum atomic E-state index is 13.3. The molecular weight excluding hydrogens is 422 g/mol. The highest BCUT2D eigenvalue weighted by molar-refractivity contribution is 7.98. The third-order valence-corrected chi connectivity index (χ3v) is 6.96. The van der Waals surface area contributed by atoms with E-state index < -0.39 is 0 Å². The Morgan fingerprint density at radius 2 is 1.75 bits per heavy atom. The smallest absolute Gasteiger partial charge is 0.257 e. The van der Waals surface area contributed by atoms with Crippen LogP contribution in [0.15, 0.2) is 58.2 Å². The largest absolute Gasteiger partial charge is 0.431 e. The van der Waals surface area contributed by atoms with Gasteiger partial charge in [-0.1, -0.05) is 42.1 Å². The summed E-state index contributed by atoms with van der Waals surface area (Å²) in [6.45, 7) is 6.72. The van der Waals surface area contributed by atoms with Gasteiger partial charge in [0.25, 0.3) is 11.1 Å². The van der Waals surface area contributed by atoms with Crippen molar-refractivity contribution in [3.8, 4) is 0 Å². The summed E-state index contributed by atoms with van der Waals surface area (Å²) in [7, 11) is 0. The van der Waals surface area contributed by atoms with Gasteiger partial charge in [-0.05, 0) is 50.5 Å². The van der Waals surface area contributed by atoms with Crippen LogP contribution in [0.5, 0.6) is 0 Å². The van der Waals surface area contributed by atoms with Crippen molar-refractivity contribution in [2.24, 2.45) is 5.92 Å². The molecule has 4 rings (SSSR count). The topological polar surface area (TPSA) is 66.7 Å². The Bertz CT molecular complexity index is 1050. The van der Waals surface area contributed by atoms with E-state index >= 15 is 0 Å². The quantitative estimate of drug-likeness (QED) is 0.481. The molecule has 0 N–H and O–H groups in total. The lowest BCUT2D eigenvalue weighted by Gasteiger charge is -2.34. The minimum absolute atomic E-state index is 0.0175. The van der Waals surface area contributed by atoms with Crippen LogP contribution < -0.4 is 0 Å². The number of oxazole rings is 1. The number of thioether (sulfide) groups is 1. The fourth-order valence-electron chi connectivity index (χ4n) is 4.20. The van der Waals surface area contributed by atoms with Crippen molar-refractivity contribution in [3.63, 3.8) is 0 Å². The fraction of sp³-hybridized carbons (Fsp3) is 0.400. The predicted octanol–water partition coefficient (Wildman–Crippen LogP) is 4.84. The zero-order chi connectivity index (χ0) is 22.5. The zero-order valence-corrected chi connectivity index (χ0v) is 19.4. The number of piperidine rings is 1. The first-order valence-electron chi connectivity index (χ1n) is 11.2. The van der Waals surface area contributed by atoms with E-state index in [0.717, 1.165) is 42.6 Å². The highest BCUT2D eigenvalue weighted by Gasteiger charge is 2.30. The van der Waals surface area contributed by atoms with Gasteiger partial charge in [0.15, 0.2) is 5.58 Å². The molecule has 0 atom stereocenters. The van der Waals surface area contributed by atoms with Crippen LogP contribution in [0.4, 0.5) is 0 Å². The number of hydrogen-bond donors (Lipinski definition) is 0. The number of nitrogens with zero attached hydrogens (tertiary/aromatic N) is 3. The molecule has 0 saturated carbocycles. The van der Waals surface area contributed by atoms with Crippen LogP contribution in [0.1, 0.15) is 42.6 Å². The van der Waals surface area contributed by atoms with Gasteiger partial charge >= 0.3 is 0 Å². The lowest BCUT2D eigenvalue weighted by Crippen LogP contribution is -2.44. The number of aromatic nitrogens is 1. The van der Waals surface area contributed by atoms with Crippen LogP contribution in [0.2, 0.25) is 0 Å². The molecule has 3 aromatic rings. The standard InChI is InChI=1S/C25H29N3O3S/c1-3-27(4-2)23(29)18-13-15-28(16-14-18)24(30)20-10-6-5-9-19(20)17-32-25-26-21-11-7-8-12-22(21)31-25/h5-12,18H,3-4,13-17H2,1-2H3. The predicted molar refractivity (Wildman–Crippen MR) is 127 cm³/mol. The summed E-state index contributed by atoms with van der Waals surface area (Å²) >= 11 is 1.49. The van der Waals surface area contributed by atoms with Crippen LogP contribution in [0, 0.1) is 5.92 Å². The summed E-state index contributed by atoms with van der Waals surface area (Å²) in [6, 6.07) is 15.4. The molecule has 0 unspecified atom stereocenters. The maximum absolute atomic E-state index is 13.3. The number of hydrogen-bond acceptors (Lipinski definition) is 5. The van der Waals surface area contributed by atoms with E-state index in [2.05, 4.69) is 4.98 Å². The SMILES string of the molecule is CCN(CC)C(=O)C1CCN(C(=O)c2ccccc2CSc2nc3ccccc3o2)CC1. The van der Waals surface area contributed by atoms with Gasteiger partial charge in [-0.3, -0.25) is 9.59 Å². The lowest BCUT2D eigenvalue weighted by molar-refractivity contribution is -0.136. The first-order valence-corrected chi connectivity index (χ1v) is 12.2. The molecule has 168 valence electrons. The number of para-hydroxylation sites is 2. The summed E-state index contributed by atoms with van der Waals surface area (Å²) in [4.78, 5) is 34.2. The van der Waals surface area contributed by atoms with Gasteiger partial charge in [0.2, 0.25) is 5.91 Å². The molecular formula is C25H29N3O3S. The molecule has 0 bridgehead atoms. The van der Waals surface area contributed by atoms with Gasteiger partial charge in [0.05, 0.1) is 0 Å². The molecule has 0 radical (unpaired) electrons. The molecule has 1 aliphatic rings. The van der Waals surface area contributed by atoms with Crippen molar-refractivity contribution in [1.82, 2.24) is 14.8 Å². The van der Waals surface area contributed by atoms with E-state index in [0.29, 0.717) is 29.6 Å². The first-order chi connectivity index (χ1) is 15.6. The van der Waals surface area contributed by atoms with Crippen LogP contribution in [0.25, 0.3) is 11.1 Å². The number of benzene rings is 2. The summed E-state index contributed by atoms with van der Waals surface area (Å²) in [5, 5.41) is 0.601. The molecule has 32 heavy (non-hydrogen) atoms. The van der Waals surface area contributed by atoms with Crippen LogP contribution in [-0.2, 0) is 10.5 Å². The van der Waals surface area contributed by atoms with Crippen LogP contribution >= 0.6 is 11.8 Å². The average Bonchev–Trinajstić information content (AvgIpc) is 3.26. The Morgan fingerprint density at radius 1 is 1.06 bits per heavy atom. The molecule has 6 nitrogen and oxygen atoms in total. The summed E-state index contributed by atoms with van der Waals surface area (Å²) in [5.74, 6) is 0.875. The third-order valence-electron chi connectivity index (χ3n) is 6.08. The zero-order valence-electron chi connectivity index (χ0n) is 18.6. The lowest BCUT2D eigenvalue weighted by atomic mass is 9.94. The third kappa shape index (κ3) is 4.83. The van der Waals surface area contributed by atoms with Crippen LogP contribution in [0.3, 0.4) is 0 Å². The van der Waals surface area contributed by atoms with Crippen molar-refractivity contribution in [2.75, 3.05) is 26.2 Å². The Kier molecular flexibility index (Phi) is 7.15. The Morgan fingerprint density at radius 3 is 2.47 bits per heavy atom. The van der Waals surface area contributed by atoms with Gasteiger partial charge in [0.1, 0.15) is 5.52 Å². The van der Waals surface area contributed by atoms with Crippen molar-refractivity contribution in [1.29, 1.82) is 0 Å². The van der Waals surface area contributed by atoms with Gasteiger partial charge < -0.3 is 14.2 Å². The molecule has 0 aliphatic carbocycles. The molecule has 7 heteroatoms. The van der Waals surface area contributed by atoms with Gasteiger partial charge in [-0.2, -0.15) is 0 Å². The number of carbonyl (C=O) groups excluding carboxylic acids is 2. The Labute approximate surface area is 193 Å². The number of carbonyl (C=O) groups is 2. The average molecular weight is 452 g/mol. The molecule has 0 spiro atoms. The van der Waals surface area contributed by atoms with Crippen molar-refractivity contribution < 1.29 is 14.0 Å². The number of fused-ring (bicyclic) bond motifs is 1. The molecule has 1 saturated heterocycles. The van der Waals surface area contributed by atoms with Crippen molar-refractivity contribution in [3.05, 3.63) is 59.7 Å². The summed E-state index contributed by atoms with van der Waals surface area (Å²) in [5.41, 5.74) is 3.28. The monoisotopic (exact) mass is 451 g/mol.